The van der Waals surface area contributed by atoms with Gasteiger partial charge >= 0.3 is 0 Å². The van der Waals surface area contributed by atoms with Crippen LogP contribution in [0.15, 0.2) is 22.7 Å². The highest BCUT2D eigenvalue weighted by atomic mass is 79.9. The molecule has 1 aromatic rings. The van der Waals surface area contributed by atoms with Crippen LogP contribution in [0.3, 0.4) is 0 Å². The summed E-state index contributed by atoms with van der Waals surface area (Å²) >= 11 is 3.32. The Morgan fingerprint density at radius 2 is 2.15 bits per heavy atom. The first kappa shape index (κ1) is 15.4. The van der Waals surface area contributed by atoms with Crippen LogP contribution in [-0.2, 0) is 21.4 Å². The second kappa shape index (κ2) is 5.80. The number of hydrogen-bond acceptors (Lipinski definition) is 4. The smallest absolute Gasteiger partial charge is 0.227 e. The number of benzene rings is 1. The lowest BCUT2D eigenvalue weighted by molar-refractivity contribution is -0.117. The fourth-order valence-electron chi connectivity index (χ4n) is 2.38. The molecule has 0 aromatic heterocycles. The van der Waals surface area contributed by atoms with E-state index in [-0.39, 0.29) is 30.6 Å². The molecule has 20 heavy (non-hydrogen) atoms. The van der Waals surface area contributed by atoms with Crippen LogP contribution in [0.4, 0.5) is 5.69 Å². The van der Waals surface area contributed by atoms with E-state index >= 15 is 0 Å². The molecule has 0 radical (unpaired) electrons. The van der Waals surface area contributed by atoms with Crippen molar-refractivity contribution >= 4 is 37.5 Å². The molecule has 0 spiro atoms. The van der Waals surface area contributed by atoms with Crippen LogP contribution >= 0.6 is 15.9 Å². The summed E-state index contributed by atoms with van der Waals surface area (Å²) in [7, 11) is -3.60. The van der Waals surface area contributed by atoms with E-state index in [1.54, 1.807) is 18.2 Å². The average Bonchev–Trinajstić information content (AvgIpc) is 2.67. The number of sulfonamides is 1. The Balaban J connectivity index is 2.26. The van der Waals surface area contributed by atoms with Crippen molar-refractivity contribution in [3.63, 3.8) is 0 Å². The minimum absolute atomic E-state index is 0.147. The number of nitrogens with two attached hydrogens (primary N) is 1. The maximum absolute atomic E-state index is 12.0. The Kier molecular flexibility index (Phi) is 4.48. The van der Waals surface area contributed by atoms with E-state index in [4.69, 9.17) is 5.14 Å². The van der Waals surface area contributed by atoms with Gasteiger partial charge in [-0.1, -0.05) is 22.0 Å². The predicted molar refractivity (Wildman–Crippen MR) is 78.5 cm³/mol. The predicted octanol–water partition coefficient (Wildman–Crippen LogP) is 0.583. The summed E-state index contributed by atoms with van der Waals surface area (Å²) in [5.74, 6) is -0.688. The third-order valence-electron chi connectivity index (χ3n) is 3.18. The molecule has 110 valence electrons. The van der Waals surface area contributed by atoms with Gasteiger partial charge < -0.3 is 10.0 Å². The number of primary sulfonamides is 1. The minimum Gasteiger partial charge on any atom is -0.392 e. The number of rotatable bonds is 4. The fourth-order valence-corrected chi connectivity index (χ4v) is 3.61. The van der Waals surface area contributed by atoms with E-state index in [2.05, 4.69) is 15.9 Å². The number of aliphatic hydroxyl groups excluding tert-OH is 1. The number of amides is 1. The number of anilines is 1. The van der Waals surface area contributed by atoms with Crippen molar-refractivity contribution in [3.05, 3.63) is 28.2 Å². The van der Waals surface area contributed by atoms with Crippen LogP contribution in [0, 0.1) is 5.92 Å². The molecule has 2 rings (SSSR count). The molecule has 1 heterocycles. The molecule has 1 fully saturated rings. The van der Waals surface area contributed by atoms with E-state index in [1.165, 1.54) is 4.90 Å². The first-order valence-corrected chi connectivity index (χ1v) is 8.51. The highest BCUT2D eigenvalue weighted by Crippen LogP contribution is 2.31. The molecule has 1 unspecified atom stereocenters. The second-order valence-electron chi connectivity index (χ2n) is 4.84. The van der Waals surface area contributed by atoms with Gasteiger partial charge in [0.1, 0.15) is 0 Å². The third kappa shape index (κ3) is 3.57. The molecule has 0 aliphatic carbocycles. The summed E-state index contributed by atoms with van der Waals surface area (Å²) in [5.41, 5.74) is 1.22. The molecule has 1 aliphatic rings. The lowest BCUT2D eigenvalue weighted by Gasteiger charge is -2.20. The topological polar surface area (TPSA) is 101 Å². The number of carbonyl (C=O) groups is 1. The maximum Gasteiger partial charge on any atom is 0.227 e. The largest absolute Gasteiger partial charge is 0.392 e. The molecule has 0 bridgehead atoms. The van der Waals surface area contributed by atoms with E-state index in [0.29, 0.717) is 17.8 Å². The summed E-state index contributed by atoms with van der Waals surface area (Å²) in [6, 6.07) is 5.24. The SMILES string of the molecule is NS(=O)(=O)CC1CC(=O)N(c2cc(Br)ccc2CO)C1. The average molecular weight is 363 g/mol. The van der Waals surface area contributed by atoms with Crippen molar-refractivity contribution in [2.24, 2.45) is 11.1 Å². The van der Waals surface area contributed by atoms with Gasteiger partial charge in [0, 0.05) is 28.9 Å². The molecule has 8 heteroatoms. The Labute approximate surface area is 125 Å². The van der Waals surface area contributed by atoms with Gasteiger partial charge in [-0.25, -0.2) is 13.6 Å². The molecular formula is C12H15BrN2O4S. The minimum atomic E-state index is -3.60. The zero-order valence-corrected chi connectivity index (χ0v) is 13.0. The van der Waals surface area contributed by atoms with E-state index in [9.17, 15) is 18.3 Å². The number of halogens is 1. The first-order chi connectivity index (χ1) is 9.30. The lowest BCUT2D eigenvalue weighted by Crippen LogP contribution is -2.28. The van der Waals surface area contributed by atoms with Gasteiger partial charge in [-0.05, 0) is 12.1 Å². The number of aliphatic hydroxyl groups is 1. The summed E-state index contributed by atoms with van der Waals surface area (Å²) < 4.78 is 23.0. The number of nitrogens with zero attached hydrogens (tertiary/aromatic N) is 1. The molecule has 1 atom stereocenters. The van der Waals surface area contributed by atoms with Crippen molar-refractivity contribution in [2.75, 3.05) is 17.2 Å². The lowest BCUT2D eigenvalue weighted by atomic mass is 10.1. The zero-order chi connectivity index (χ0) is 14.9. The molecule has 6 nitrogen and oxygen atoms in total. The van der Waals surface area contributed by atoms with Gasteiger partial charge in [0.05, 0.1) is 18.0 Å². The van der Waals surface area contributed by atoms with Crippen LogP contribution in [0.25, 0.3) is 0 Å². The first-order valence-electron chi connectivity index (χ1n) is 6.00. The zero-order valence-electron chi connectivity index (χ0n) is 10.6. The maximum atomic E-state index is 12.0. The van der Waals surface area contributed by atoms with Crippen molar-refractivity contribution in [2.45, 2.75) is 13.0 Å². The van der Waals surface area contributed by atoms with Gasteiger partial charge in [-0.15, -0.1) is 0 Å². The van der Waals surface area contributed by atoms with Crippen LogP contribution in [-0.4, -0.2) is 31.7 Å². The molecule has 1 aliphatic heterocycles. The molecule has 1 saturated heterocycles. The van der Waals surface area contributed by atoms with Crippen LogP contribution in [0.2, 0.25) is 0 Å². The second-order valence-corrected chi connectivity index (χ2v) is 7.41. The summed E-state index contributed by atoms with van der Waals surface area (Å²) in [5, 5.41) is 14.4. The van der Waals surface area contributed by atoms with Crippen molar-refractivity contribution < 1.29 is 18.3 Å². The normalized spacial score (nSPS) is 19.6. The number of carbonyl (C=O) groups excluding carboxylic acids is 1. The molecule has 1 amide bonds. The van der Waals surface area contributed by atoms with Crippen LogP contribution in [0.1, 0.15) is 12.0 Å². The fraction of sp³-hybridized carbons (Fsp3) is 0.417. The van der Waals surface area contributed by atoms with Gasteiger partial charge in [-0.2, -0.15) is 0 Å². The summed E-state index contributed by atoms with van der Waals surface area (Å²) in [6.07, 6.45) is 0.147. The highest BCUT2D eigenvalue weighted by molar-refractivity contribution is 9.10. The highest BCUT2D eigenvalue weighted by Gasteiger charge is 2.33. The van der Waals surface area contributed by atoms with Gasteiger partial charge in [0.15, 0.2) is 0 Å². The van der Waals surface area contributed by atoms with E-state index in [0.717, 1.165) is 4.47 Å². The van der Waals surface area contributed by atoms with Crippen molar-refractivity contribution in [3.8, 4) is 0 Å². The molecule has 0 saturated carbocycles. The number of hydrogen-bond donors (Lipinski definition) is 2. The molecule has 1 aromatic carbocycles. The summed E-state index contributed by atoms with van der Waals surface area (Å²) in [4.78, 5) is 13.5. The van der Waals surface area contributed by atoms with Crippen molar-refractivity contribution in [1.29, 1.82) is 0 Å². The Bertz CT molecular complexity index is 632. The third-order valence-corrected chi connectivity index (χ3v) is 4.61. The van der Waals surface area contributed by atoms with Gasteiger partial charge in [0.25, 0.3) is 0 Å². The van der Waals surface area contributed by atoms with Gasteiger partial charge in [0.2, 0.25) is 15.9 Å². The molecule has 3 N–H and O–H groups in total. The standard InChI is InChI=1S/C12H15BrN2O4S/c13-10-2-1-9(6-16)11(4-10)15-5-8(3-12(15)17)7-20(14,18)19/h1-2,4,8,16H,3,5-7H2,(H2,14,18,19). The molecular weight excluding hydrogens is 348 g/mol. The Hall–Kier alpha value is -0.960. The van der Waals surface area contributed by atoms with Crippen molar-refractivity contribution in [1.82, 2.24) is 0 Å². The van der Waals surface area contributed by atoms with Gasteiger partial charge in [-0.3, -0.25) is 4.79 Å². The Morgan fingerprint density at radius 1 is 1.45 bits per heavy atom. The Morgan fingerprint density at radius 3 is 2.75 bits per heavy atom. The summed E-state index contributed by atoms with van der Waals surface area (Å²) in [6.45, 7) is 0.102. The van der Waals surface area contributed by atoms with E-state index < -0.39 is 10.0 Å². The quantitative estimate of drug-likeness (QED) is 0.817. The van der Waals surface area contributed by atoms with E-state index in [1.807, 2.05) is 0 Å². The van der Waals surface area contributed by atoms with Crippen LogP contribution in [0.5, 0.6) is 0 Å². The van der Waals surface area contributed by atoms with Crippen LogP contribution < -0.4 is 10.0 Å². The monoisotopic (exact) mass is 362 g/mol.